The van der Waals surface area contributed by atoms with Crippen LogP contribution in [-0.2, 0) is 4.79 Å². The number of amides is 1. The number of benzene rings is 1. The Morgan fingerprint density at radius 3 is 2.50 bits per heavy atom. The molecular formula is C22H26Cl3N7O2. The van der Waals surface area contributed by atoms with Crippen LogP contribution in [0.4, 0.5) is 17.6 Å². The number of rotatable bonds is 7. The van der Waals surface area contributed by atoms with Crippen molar-refractivity contribution < 1.29 is 9.90 Å². The van der Waals surface area contributed by atoms with Gasteiger partial charge in [-0.1, -0.05) is 41.7 Å². The maximum absolute atomic E-state index is 12.0. The molecule has 1 amide bonds. The van der Waals surface area contributed by atoms with Crippen molar-refractivity contribution in [2.24, 2.45) is 11.1 Å². The zero-order chi connectivity index (χ0) is 24.6. The summed E-state index contributed by atoms with van der Waals surface area (Å²) in [5, 5.41) is 16.8. The molecule has 0 saturated heterocycles. The summed E-state index contributed by atoms with van der Waals surface area (Å²) >= 11 is 18.9. The van der Waals surface area contributed by atoms with E-state index in [4.69, 9.17) is 45.5 Å². The number of aliphatic hydroxyl groups is 1. The molecule has 0 spiro atoms. The number of halogens is 3. The van der Waals surface area contributed by atoms with Crippen molar-refractivity contribution in [3.8, 4) is 0 Å². The van der Waals surface area contributed by atoms with Gasteiger partial charge in [0.15, 0.2) is 5.65 Å². The lowest BCUT2D eigenvalue weighted by molar-refractivity contribution is -0.128. The second-order valence-electron chi connectivity index (χ2n) is 8.96. The van der Waals surface area contributed by atoms with Gasteiger partial charge in [-0.15, -0.1) is 0 Å². The van der Waals surface area contributed by atoms with Gasteiger partial charge in [0.05, 0.1) is 28.5 Å². The van der Waals surface area contributed by atoms with E-state index in [1.54, 1.807) is 18.3 Å². The third kappa shape index (κ3) is 4.88. The quantitative estimate of drug-likeness (QED) is 0.343. The number of anilines is 3. The molecule has 0 unspecified atom stereocenters. The first-order chi connectivity index (χ1) is 16.1. The van der Waals surface area contributed by atoms with E-state index in [-0.39, 0.29) is 24.6 Å². The number of carbonyl (C=O) groups is 1. The maximum Gasteiger partial charge on any atom is 0.225 e. The van der Waals surface area contributed by atoms with Crippen molar-refractivity contribution in [3.05, 3.63) is 33.4 Å². The first-order valence-electron chi connectivity index (χ1n) is 10.9. The highest BCUT2D eigenvalue weighted by Crippen LogP contribution is 2.43. The summed E-state index contributed by atoms with van der Waals surface area (Å²) in [4.78, 5) is 25.7. The van der Waals surface area contributed by atoms with Crippen LogP contribution in [0.3, 0.4) is 0 Å². The molecule has 1 atom stereocenters. The number of nitrogens with one attached hydrogen (secondary N) is 2. The highest BCUT2D eigenvalue weighted by Gasteiger charge is 2.37. The summed E-state index contributed by atoms with van der Waals surface area (Å²) in [5.74, 6) is 0.587. The van der Waals surface area contributed by atoms with Crippen molar-refractivity contribution in [1.29, 1.82) is 0 Å². The molecule has 1 aliphatic carbocycles. The van der Waals surface area contributed by atoms with Gasteiger partial charge in [0.2, 0.25) is 17.8 Å². The normalized spacial score (nSPS) is 21.4. The van der Waals surface area contributed by atoms with Crippen molar-refractivity contribution in [3.63, 3.8) is 0 Å². The largest absolute Gasteiger partial charge is 0.394 e. The summed E-state index contributed by atoms with van der Waals surface area (Å²) in [6, 6.07) is 2.98. The van der Waals surface area contributed by atoms with Crippen LogP contribution in [0.2, 0.25) is 15.1 Å². The molecule has 2 heterocycles. The summed E-state index contributed by atoms with van der Waals surface area (Å²) in [6.45, 7) is 3.67. The average molecular weight is 527 g/mol. The molecule has 1 aromatic carbocycles. The number of nitrogens with two attached hydrogens (primary N) is 1. The average Bonchev–Trinajstić information content (AvgIpc) is 3.14. The Labute approximate surface area is 212 Å². The molecule has 0 radical (unpaired) electrons. The van der Waals surface area contributed by atoms with E-state index >= 15 is 0 Å². The summed E-state index contributed by atoms with van der Waals surface area (Å²) in [6.07, 6.45) is 4.33. The van der Waals surface area contributed by atoms with E-state index in [0.29, 0.717) is 69.5 Å². The number of aliphatic hydroxyl groups excluding tert-OH is 1. The first-order valence-corrected chi connectivity index (χ1v) is 12.1. The predicted octanol–water partition coefficient (Wildman–Crippen LogP) is 4.93. The van der Waals surface area contributed by atoms with E-state index in [1.165, 1.54) is 0 Å². The van der Waals surface area contributed by atoms with Crippen LogP contribution < -0.4 is 16.4 Å². The molecule has 1 fully saturated rings. The number of primary amides is 1. The molecule has 4 rings (SSSR count). The van der Waals surface area contributed by atoms with Crippen LogP contribution in [0, 0.1) is 5.41 Å². The van der Waals surface area contributed by atoms with Crippen molar-refractivity contribution >= 4 is 69.5 Å². The molecule has 3 aromatic rings. The van der Waals surface area contributed by atoms with Gasteiger partial charge < -0.3 is 21.5 Å². The molecular weight excluding hydrogens is 501 g/mol. The third-order valence-corrected chi connectivity index (χ3v) is 7.16. The minimum absolute atomic E-state index is 0.00258. The topological polar surface area (TPSA) is 131 Å². The minimum Gasteiger partial charge on any atom is -0.394 e. The lowest BCUT2D eigenvalue weighted by Crippen LogP contribution is -2.38. The number of hydrogen-bond acceptors (Lipinski definition) is 7. The van der Waals surface area contributed by atoms with Gasteiger partial charge in [-0.2, -0.15) is 4.98 Å². The standard InChI is InChI=1S/C22H26Cl3N7O2/c1-11(10-33)28-20-27-9-16-18(31-20)32(13-3-5-22(2,6-4-13)19(26)34)21(29-16)30-17-14(24)7-12(23)8-15(17)25/h7-9,11,13,33H,3-6,10H2,1-2H3,(H2,26,34)(H,29,30)(H,27,28,31)/t11-,13-,22-/m0/s1. The number of aromatic nitrogens is 4. The Hall–Kier alpha value is -2.33. The SMILES string of the molecule is C[C@@H](CO)Nc1ncc2nc(Nc3c(Cl)cc(Cl)cc3Cl)n([C@H]3CC[C@](C)(C(N)=O)CC3)c2n1. The number of imidazole rings is 1. The Morgan fingerprint density at radius 2 is 1.91 bits per heavy atom. The van der Waals surface area contributed by atoms with Crippen LogP contribution in [0.1, 0.15) is 45.6 Å². The Morgan fingerprint density at radius 1 is 1.26 bits per heavy atom. The van der Waals surface area contributed by atoms with Crippen molar-refractivity contribution in [2.45, 2.75) is 51.6 Å². The molecule has 34 heavy (non-hydrogen) atoms. The van der Waals surface area contributed by atoms with Gasteiger partial charge in [-0.3, -0.25) is 9.36 Å². The van der Waals surface area contributed by atoms with Crippen LogP contribution in [0.25, 0.3) is 11.2 Å². The van der Waals surface area contributed by atoms with Crippen LogP contribution in [0.15, 0.2) is 18.3 Å². The fraction of sp³-hybridized carbons (Fsp3) is 0.455. The number of carbonyl (C=O) groups excluding carboxylic acids is 1. The Bertz CT molecular complexity index is 1200. The van der Waals surface area contributed by atoms with E-state index in [1.807, 2.05) is 18.4 Å². The highest BCUT2D eigenvalue weighted by molar-refractivity contribution is 6.41. The van der Waals surface area contributed by atoms with Gasteiger partial charge in [0.1, 0.15) is 5.52 Å². The lowest BCUT2D eigenvalue weighted by Gasteiger charge is -2.35. The Kier molecular flexibility index (Phi) is 7.09. The molecule has 2 aromatic heterocycles. The Balaban J connectivity index is 1.78. The molecule has 182 valence electrons. The van der Waals surface area contributed by atoms with Gasteiger partial charge in [-0.25, -0.2) is 9.97 Å². The molecule has 1 aliphatic rings. The molecule has 12 heteroatoms. The monoisotopic (exact) mass is 525 g/mol. The smallest absolute Gasteiger partial charge is 0.225 e. The zero-order valence-corrected chi connectivity index (χ0v) is 21.0. The van der Waals surface area contributed by atoms with E-state index in [9.17, 15) is 9.90 Å². The highest BCUT2D eigenvalue weighted by atomic mass is 35.5. The number of fused-ring (bicyclic) bond motifs is 1. The lowest BCUT2D eigenvalue weighted by atomic mass is 9.73. The molecule has 0 aliphatic heterocycles. The second kappa shape index (κ2) is 9.73. The summed E-state index contributed by atoms with van der Waals surface area (Å²) in [7, 11) is 0. The van der Waals surface area contributed by atoms with Crippen molar-refractivity contribution in [2.75, 3.05) is 17.2 Å². The zero-order valence-electron chi connectivity index (χ0n) is 18.8. The summed E-state index contributed by atoms with van der Waals surface area (Å²) < 4.78 is 1.99. The van der Waals surface area contributed by atoms with Gasteiger partial charge in [0, 0.05) is 22.5 Å². The van der Waals surface area contributed by atoms with Crippen molar-refractivity contribution in [1.82, 2.24) is 19.5 Å². The maximum atomic E-state index is 12.0. The van der Waals surface area contributed by atoms with Crippen LogP contribution in [-0.4, -0.2) is 43.2 Å². The molecule has 9 nitrogen and oxygen atoms in total. The fourth-order valence-corrected chi connectivity index (χ4v) is 5.09. The van der Waals surface area contributed by atoms with Gasteiger partial charge in [-0.05, 0) is 44.7 Å². The van der Waals surface area contributed by atoms with E-state index < -0.39 is 5.41 Å². The molecule has 0 bridgehead atoms. The molecule has 1 saturated carbocycles. The first kappa shape index (κ1) is 24.8. The fourth-order valence-electron chi connectivity index (χ4n) is 4.18. The molecule has 5 N–H and O–H groups in total. The van der Waals surface area contributed by atoms with Crippen LogP contribution in [0.5, 0.6) is 0 Å². The predicted molar refractivity (Wildman–Crippen MR) is 135 cm³/mol. The summed E-state index contributed by atoms with van der Waals surface area (Å²) in [5.41, 5.74) is 6.78. The number of hydrogen-bond donors (Lipinski definition) is 4. The van der Waals surface area contributed by atoms with E-state index in [0.717, 1.165) is 0 Å². The minimum atomic E-state index is -0.540. The number of nitrogens with zero attached hydrogens (tertiary/aromatic N) is 4. The third-order valence-electron chi connectivity index (χ3n) is 6.34. The van der Waals surface area contributed by atoms with Gasteiger partial charge in [0.25, 0.3) is 0 Å². The van der Waals surface area contributed by atoms with Gasteiger partial charge >= 0.3 is 0 Å². The van der Waals surface area contributed by atoms with Crippen LogP contribution >= 0.6 is 34.8 Å². The van der Waals surface area contributed by atoms with E-state index in [2.05, 4.69) is 20.6 Å². The second-order valence-corrected chi connectivity index (χ2v) is 10.2.